The molecule has 0 aliphatic heterocycles. The predicted molar refractivity (Wildman–Crippen MR) is 118 cm³/mol. The molecule has 0 saturated heterocycles. The van der Waals surface area contributed by atoms with Gasteiger partial charge in [-0.15, -0.1) is 0 Å². The lowest BCUT2D eigenvalue weighted by molar-refractivity contribution is -0.165. The maximum Gasteiger partial charge on any atom is 0.302 e. The highest BCUT2D eigenvalue weighted by Crippen LogP contribution is 2.66. The van der Waals surface area contributed by atoms with Crippen molar-refractivity contribution in [1.29, 1.82) is 0 Å². The molecule has 31 heavy (non-hydrogen) atoms. The lowest BCUT2D eigenvalue weighted by Gasteiger charge is -2.57. The average molecular weight is 431 g/mol. The van der Waals surface area contributed by atoms with Gasteiger partial charge in [0.25, 0.3) is 0 Å². The second-order valence-corrected chi connectivity index (χ2v) is 10.7. The SMILES string of the molecule is COCOC1CC2=CC=C3[C@@H]4CC[C@H](C(C)C=O)[C@@]4(C)CC[C@@H]3[C@@]2(C)C(OC(C)=O)C1. The topological polar surface area (TPSA) is 61.8 Å². The maximum absolute atomic E-state index is 12.0. The summed E-state index contributed by atoms with van der Waals surface area (Å²) < 4.78 is 17.0. The Kier molecular flexibility index (Phi) is 6.21. The predicted octanol–water partition coefficient (Wildman–Crippen LogP) is 4.85. The number of aldehydes is 1. The van der Waals surface area contributed by atoms with Crippen LogP contribution in [0.25, 0.3) is 0 Å². The molecule has 0 aromatic heterocycles. The summed E-state index contributed by atoms with van der Waals surface area (Å²) in [5.41, 5.74) is 2.84. The summed E-state index contributed by atoms with van der Waals surface area (Å²) in [6, 6.07) is 0. The number of allylic oxidation sites excluding steroid dienone is 3. The molecular weight excluding hydrogens is 392 g/mol. The first-order valence-corrected chi connectivity index (χ1v) is 11.9. The Labute approximate surface area is 186 Å². The molecule has 0 heterocycles. The normalized spacial score (nSPS) is 42.4. The van der Waals surface area contributed by atoms with Gasteiger partial charge in [0.1, 0.15) is 19.2 Å². The van der Waals surface area contributed by atoms with Crippen molar-refractivity contribution in [3.8, 4) is 0 Å². The highest BCUT2D eigenvalue weighted by atomic mass is 16.7. The average Bonchev–Trinajstić information content (AvgIpc) is 3.09. The van der Waals surface area contributed by atoms with E-state index in [1.807, 2.05) is 0 Å². The van der Waals surface area contributed by atoms with Gasteiger partial charge < -0.3 is 19.0 Å². The first-order valence-electron chi connectivity index (χ1n) is 11.9. The van der Waals surface area contributed by atoms with Crippen LogP contribution in [0.3, 0.4) is 0 Å². The van der Waals surface area contributed by atoms with Gasteiger partial charge in [0.05, 0.1) is 6.10 Å². The molecule has 8 atom stereocenters. The fourth-order valence-corrected chi connectivity index (χ4v) is 7.67. The Hall–Kier alpha value is -1.46. The fraction of sp³-hybridized carbons (Fsp3) is 0.769. The number of hydrogen-bond donors (Lipinski definition) is 0. The molecule has 3 saturated carbocycles. The molecule has 3 fully saturated rings. The largest absolute Gasteiger partial charge is 0.462 e. The third kappa shape index (κ3) is 3.62. The Balaban J connectivity index is 1.68. The van der Waals surface area contributed by atoms with Gasteiger partial charge in [0, 0.05) is 31.8 Å². The van der Waals surface area contributed by atoms with Crippen LogP contribution in [0.1, 0.15) is 66.2 Å². The van der Waals surface area contributed by atoms with Crippen LogP contribution in [0, 0.1) is 34.5 Å². The van der Waals surface area contributed by atoms with Crippen molar-refractivity contribution >= 4 is 12.3 Å². The maximum atomic E-state index is 12.0. The van der Waals surface area contributed by atoms with E-state index in [9.17, 15) is 9.59 Å². The van der Waals surface area contributed by atoms with Gasteiger partial charge in [-0.1, -0.05) is 44.1 Å². The molecule has 172 valence electrons. The smallest absolute Gasteiger partial charge is 0.302 e. The first kappa shape index (κ1) is 22.7. The van der Waals surface area contributed by atoms with E-state index >= 15 is 0 Å². The van der Waals surface area contributed by atoms with Crippen LogP contribution in [-0.4, -0.2) is 38.4 Å². The Bertz CT molecular complexity index is 785. The van der Waals surface area contributed by atoms with Crippen LogP contribution >= 0.6 is 0 Å². The number of carbonyl (C=O) groups excluding carboxylic acids is 2. The summed E-state index contributed by atoms with van der Waals surface area (Å²) >= 11 is 0. The minimum atomic E-state index is -0.226. The summed E-state index contributed by atoms with van der Waals surface area (Å²) in [5.74, 6) is 1.23. The zero-order valence-corrected chi connectivity index (χ0v) is 19.7. The molecule has 0 amide bonds. The van der Waals surface area contributed by atoms with Crippen molar-refractivity contribution in [3.63, 3.8) is 0 Å². The van der Waals surface area contributed by atoms with E-state index in [0.717, 1.165) is 38.4 Å². The molecule has 3 unspecified atom stereocenters. The molecule has 4 aliphatic rings. The standard InChI is InChI=1S/C26H38O5/c1-16(14-27)21-8-9-22-20-7-6-18-12-19(30-15-29-5)13-24(31-17(2)28)26(18,4)23(20)10-11-25(21,22)3/h6-7,14,16,19,21-24H,8-13,15H2,1-5H3/t16?,19?,21-,22+,23+,24?,25-,26+/m1/s1. The van der Waals surface area contributed by atoms with E-state index in [4.69, 9.17) is 14.2 Å². The van der Waals surface area contributed by atoms with Crippen molar-refractivity contribution in [2.75, 3.05) is 13.9 Å². The van der Waals surface area contributed by atoms with Crippen molar-refractivity contribution < 1.29 is 23.8 Å². The van der Waals surface area contributed by atoms with Crippen LogP contribution in [-0.2, 0) is 23.8 Å². The van der Waals surface area contributed by atoms with E-state index in [-0.39, 0.29) is 41.7 Å². The monoisotopic (exact) mass is 430 g/mol. The highest BCUT2D eigenvalue weighted by molar-refractivity contribution is 5.66. The zero-order valence-electron chi connectivity index (χ0n) is 19.7. The number of esters is 1. The van der Waals surface area contributed by atoms with Crippen LogP contribution in [0.15, 0.2) is 23.3 Å². The molecule has 4 aliphatic carbocycles. The summed E-state index contributed by atoms with van der Waals surface area (Å²) in [6.45, 7) is 8.56. The summed E-state index contributed by atoms with van der Waals surface area (Å²) in [4.78, 5) is 23.6. The van der Waals surface area contributed by atoms with E-state index in [2.05, 4.69) is 32.9 Å². The molecular formula is C26H38O5. The van der Waals surface area contributed by atoms with Crippen molar-refractivity contribution in [2.24, 2.45) is 34.5 Å². The quantitative estimate of drug-likeness (QED) is 0.342. The first-order chi connectivity index (χ1) is 14.8. The molecule has 0 aromatic carbocycles. The van der Waals surface area contributed by atoms with Gasteiger partial charge in [-0.2, -0.15) is 0 Å². The molecule has 5 heteroatoms. The number of hydrogen-bond acceptors (Lipinski definition) is 5. The van der Waals surface area contributed by atoms with Crippen molar-refractivity contribution in [1.82, 2.24) is 0 Å². The van der Waals surface area contributed by atoms with Gasteiger partial charge in [0.15, 0.2) is 0 Å². The lowest BCUT2D eigenvalue weighted by Crippen LogP contribution is -2.54. The molecule has 0 aromatic rings. The molecule has 0 spiro atoms. The molecule has 5 nitrogen and oxygen atoms in total. The van der Waals surface area contributed by atoms with Gasteiger partial charge in [0.2, 0.25) is 0 Å². The summed E-state index contributed by atoms with van der Waals surface area (Å²) in [7, 11) is 1.63. The van der Waals surface area contributed by atoms with Crippen LogP contribution < -0.4 is 0 Å². The molecule has 0 bridgehead atoms. The van der Waals surface area contributed by atoms with Crippen LogP contribution in [0.5, 0.6) is 0 Å². The number of carbonyl (C=O) groups is 2. The minimum Gasteiger partial charge on any atom is -0.462 e. The third-order valence-electron chi connectivity index (χ3n) is 9.25. The second kappa shape index (κ2) is 8.47. The lowest BCUT2D eigenvalue weighted by atomic mass is 9.49. The Morgan fingerprint density at radius 1 is 1.23 bits per heavy atom. The number of ether oxygens (including phenoxy) is 3. The number of rotatable bonds is 6. The summed E-state index contributed by atoms with van der Waals surface area (Å²) in [5, 5.41) is 0. The van der Waals surface area contributed by atoms with E-state index in [1.165, 1.54) is 18.1 Å². The summed E-state index contributed by atoms with van der Waals surface area (Å²) in [6.07, 6.45) is 11.6. The van der Waals surface area contributed by atoms with E-state index < -0.39 is 0 Å². The van der Waals surface area contributed by atoms with Gasteiger partial charge in [-0.05, 0) is 55.3 Å². The third-order valence-corrected chi connectivity index (χ3v) is 9.25. The number of fused-ring (bicyclic) bond motifs is 5. The van der Waals surface area contributed by atoms with Crippen LogP contribution in [0.2, 0.25) is 0 Å². The Morgan fingerprint density at radius 2 is 2.00 bits per heavy atom. The highest BCUT2D eigenvalue weighted by Gasteiger charge is 2.59. The minimum absolute atomic E-state index is 0.00302. The van der Waals surface area contributed by atoms with Crippen molar-refractivity contribution in [3.05, 3.63) is 23.3 Å². The molecule has 0 N–H and O–H groups in total. The molecule has 4 rings (SSSR count). The second-order valence-electron chi connectivity index (χ2n) is 10.7. The van der Waals surface area contributed by atoms with Crippen molar-refractivity contribution in [2.45, 2.75) is 78.4 Å². The van der Waals surface area contributed by atoms with Gasteiger partial charge in [-0.25, -0.2) is 0 Å². The van der Waals surface area contributed by atoms with Gasteiger partial charge in [-0.3, -0.25) is 4.79 Å². The van der Waals surface area contributed by atoms with Gasteiger partial charge >= 0.3 is 5.97 Å². The Morgan fingerprint density at radius 3 is 2.68 bits per heavy atom. The zero-order chi connectivity index (χ0) is 22.4. The fourth-order valence-electron chi connectivity index (χ4n) is 7.67. The van der Waals surface area contributed by atoms with Crippen LogP contribution in [0.4, 0.5) is 0 Å². The van der Waals surface area contributed by atoms with E-state index in [0.29, 0.717) is 24.2 Å². The number of methoxy groups -OCH3 is 1. The molecule has 0 radical (unpaired) electrons. The van der Waals surface area contributed by atoms with E-state index in [1.54, 1.807) is 7.11 Å².